The highest BCUT2D eigenvalue weighted by Crippen LogP contribution is 2.11. The molecule has 1 aliphatic heterocycles. The van der Waals surface area contributed by atoms with Crippen LogP contribution in [0.15, 0.2) is 0 Å². The van der Waals surface area contributed by atoms with Crippen LogP contribution in [0.2, 0.25) is 5.28 Å². The number of rotatable bonds is 2. The maximum absolute atomic E-state index is 5.69. The number of nitrogens with one attached hydrogen (secondary N) is 1. The van der Waals surface area contributed by atoms with Gasteiger partial charge in [0.05, 0.1) is 0 Å². The fraction of sp³-hybridized carbons (Fsp3) is 0.750. The molecule has 5 heteroatoms. The highest BCUT2D eigenvalue weighted by atomic mass is 35.5. The number of nitrogens with zero attached hydrogens (tertiary/aromatic N) is 3. The van der Waals surface area contributed by atoms with Crippen LogP contribution in [0.1, 0.15) is 18.7 Å². The third-order valence-electron chi connectivity index (χ3n) is 2.42. The van der Waals surface area contributed by atoms with Crippen molar-refractivity contribution in [2.75, 3.05) is 6.54 Å². The van der Waals surface area contributed by atoms with E-state index in [1.54, 1.807) is 4.68 Å². The minimum atomic E-state index is 0.343. The minimum Gasteiger partial charge on any atom is -0.314 e. The molecule has 72 valence electrons. The van der Waals surface area contributed by atoms with Gasteiger partial charge in [0.1, 0.15) is 5.82 Å². The van der Waals surface area contributed by atoms with E-state index >= 15 is 0 Å². The van der Waals surface area contributed by atoms with Gasteiger partial charge in [-0.3, -0.25) is 4.68 Å². The molecule has 2 rings (SSSR count). The van der Waals surface area contributed by atoms with Crippen molar-refractivity contribution in [3.8, 4) is 0 Å². The molecule has 1 unspecified atom stereocenters. The normalized spacial score (nSPS) is 22.5. The maximum Gasteiger partial charge on any atom is 0.242 e. The molecule has 2 heterocycles. The lowest BCUT2D eigenvalue weighted by Gasteiger charge is -2.07. The molecule has 0 aliphatic carbocycles. The molecule has 1 fully saturated rings. The first-order valence-electron chi connectivity index (χ1n) is 4.54. The molecule has 4 nitrogen and oxygen atoms in total. The Balaban J connectivity index is 2.03. The van der Waals surface area contributed by atoms with Crippen molar-refractivity contribution in [1.29, 1.82) is 0 Å². The van der Waals surface area contributed by atoms with Crippen molar-refractivity contribution in [1.82, 2.24) is 20.1 Å². The molecule has 1 saturated heterocycles. The summed E-state index contributed by atoms with van der Waals surface area (Å²) in [7, 11) is 1.88. The Hall–Kier alpha value is -0.610. The van der Waals surface area contributed by atoms with Gasteiger partial charge in [-0.25, -0.2) is 4.98 Å². The number of hydrogen-bond acceptors (Lipinski definition) is 3. The standard InChI is InChI=1S/C8H13ClN4/c1-13-7(11-8(9)12-13)5-6-3-2-4-10-6/h6,10H,2-5H2,1H3. The Labute approximate surface area is 82.3 Å². The lowest BCUT2D eigenvalue weighted by Crippen LogP contribution is -2.25. The zero-order chi connectivity index (χ0) is 9.26. The Morgan fingerprint density at radius 1 is 1.69 bits per heavy atom. The number of hydrogen-bond donors (Lipinski definition) is 1. The van der Waals surface area contributed by atoms with E-state index < -0.39 is 0 Å². The molecule has 1 aliphatic rings. The predicted molar refractivity (Wildman–Crippen MR) is 50.7 cm³/mol. The van der Waals surface area contributed by atoms with Gasteiger partial charge in [0.25, 0.3) is 0 Å². The van der Waals surface area contributed by atoms with E-state index in [2.05, 4.69) is 15.4 Å². The summed E-state index contributed by atoms with van der Waals surface area (Å²) in [4.78, 5) is 4.15. The fourth-order valence-electron chi connectivity index (χ4n) is 1.71. The van der Waals surface area contributed by atoms with Gasteiger partial charge in [0.15, 0.2) is 0 Å². The lowest BCUT2D eigenvalue weighted by molar-refractivity contribution is 0.562. The molecule has 1 atom stereocenters. The van der Waals surface area contributed by atoms with Crippen LogP contribution >= 0.6 is 11.6 Å². The summed E-state index contributed by atoms with van der Waals surface area (Å²) in [5, 5.41) is 7.76. The molecule has 0 spiro atoms. The van der Waals surface area contributed by atoms with Gasteiger partial charge in [-0.05, 0) is 31.0 Å². The first-order valence-corrected chi connectivity index (χ1v) is 4.92. The number of halogens is 1. The van der Waals surface area contributed by atoms with Crippen LogP contribution in [0.5, 0.6) is 0 Å². The molecule has 0 aromatic carbocycles. The van der Waals surface area contributed by atoms with E-state index in [-0.39, 0.29) is 0 Å². The summed E-state index contributed by atoms with van der Waals surface area (Å²) in [6, 6.07) is 0.555. The maximum atomic E-state index is 5.69. The van der Waals surface area contributed by atoms with E-state index in [0.29, 0.717) is 11.3 Å². The molecule has 1 aromatic heterocycles. The number of aromatic nitrogens is 3. The van der Waals surface area contributed by atoms with Gasteiger partial charge >= 0.3 is 0 Å². The van der Waals surface area contributed by atoms with E-state index in [0.717, 1.165) is 18.8 Å². The summed E-state index contributed by atoms with van der Waals surface area (Å²) in [6.45, 7) is 1.12. The van der Waals surface area contributed by atoms with Crippen LogP contribution in [0.3, 0.4) is 0 Å². The van der Waals surface area contributed by atoms with Crippen LogP contribution in [0.25, 0.3) is 0 Å². The topological polar surface area (TPSA) is 42.7 Å². The van der Waals surface area contributed by atoms with Crippen LogP contribution < -0.4 is 5.32 Å². The Morgan fingerprint density at radius 3 is 3.08 bits per heavy atom. The summed E-state index contributed by atoms with van der Waals surface area (Å²) in [6.07, 6.45) is 3.41. The highest BCUT2D eigenvalue weighted by molar-refractivity contribution is 6.28. The van der Waals surface area contributed by atoms with Gasteiger partial charge in [-0.15, -0.1) is 5.10 Å². The highest BCUT2D eigenvalue weighted by Gasteiger charge is 2.17. The van der Waals surface area contributed by atoms with Gasteiger partial charge in [-0.2, -0.15) is 0 Å². The van der Waals surface area contributed by atoms with Crippen LogP contribution in [0.4, 0.5) is 0 Å². The largest absolute Gasteiger partial charge is 0.314 e. The minimum absolute atomic E-state index is 0.343. The SMILES string of the molecule is Cn1nc(Cl)nc1CC1CCCN1. The second-order valence-corrected chi connectivity index (χ2v) is 3.76. The zero-order valence-corrected chi connectivity index (χ0v) is 8.38. The average Bonchev–Trinajstić information content (AvgIpc) is 2.63. The van der Waals surface area contributed by atoms with Crippen molar-refractivity contribution in [2.24, 2.45) is 7.05 Å². The van der Waals surface area contributed by atoms with Crippen molar-refractivity contribution in [3.63, 3.8) is 0 Å². The molecule has 13 heavy (non-hydrogen) atoms. The third-order valence-corrected chi connectivity index (χ3v) is 2.58. The summed E-state index contributed by atoms with van der Waals surface area (Å²) in [5.41, 5.74) is 0. The Kier molecular flexibility index (Phi) is 2.51. The first-order chi connectivity index (χ1) is 6.25. The molecule has 1 N–H and O–H groups in total. The molecule has 0 radical (unpaired) electrons. The Bertz CT molecular complexity index is 290. The van der Waals surface area contributed by atoms with Gasteiger partial charge in [-0.1, -0.05) is 0 Å². The molecular formula is C8H13ClN4. The smallest absolute Gasteiger partial charge is 0.242 e. The van der Waals surface area contributed by atoms with Crippen molar-refractivity contribution >= 4 is 11.6 Å². The molecule has 0 saturated carbocycles. The summed E-state index contributed by atoms with van der Waals surface area (Å²) in [5.74, 6) is 0.962. The summed E-state index contributed by atoms with van der Waals surface area (Å²) >= 11 is 5.69. The average molecular weight is 201 g/mol. The Morgan fingerprint density at radius 2 is 2.54 bits per heavy atom. The molecular weight excluding hydrogens is 188 g/mol. The third kappa shape index (κ3) is 2.00. The van der Waals surface area contributed by atoms with E-state index in [1.807, 2.05) is 7.05 Å². The lowest BCUT2D eigenvalue weighted by atomic mass is 10.1. The second-order valence-electron chi connectivity index (χ2n) is 3.42. The fourth-order valence-corrected chi connectivity index (χ4v) is 1.92. The molecule has 0 bridgehead atoms. The monoisotopic (exact) mass is 200 g/mol. The zero-order valence-electron chi connectivity index (χ0n) is 7.63. The molecule has 0 amide bonds. The number of aryl methyl sites for hydroxylation is 1. The van der Waals surface area contributed by atoms with E-state index in [4.69, 9.17) is 11.6 Å². The van der Waals surface area contributed by atoms with Crippen molar-refractivity contribution in [3.05, 3.63) is 11.1 Å². The van der Waals surface area contributed by atoms with Crippen LogP contribution in [-0.4, -0.2) is 27.4 Å². The van der Waals surface area contributed by atoms with Gasteiger partial charge < -0.3 is 5.32 Å². The van der Waals surface area contributed by atoms with Crippen LogP contribution in [0, 0.1) is 0 Å². The second kappa shape index (κ2) is 3.64. The van der Waals surface area contributed by atoms with E-state index in [1.165, 1.54) is 12.8 Å². The predicted octanol–water partition coefficient (Wildman–Crippen LogP) is 0.763. The first kappa shape index (κ1) is 8.97. The summed E-state index contributed by atoms with van der Waals surface area (Å²) < 4.78 is 1.75. The quantitative estimate of drug-likeness (QED) is 0.767. The van der Waals surface area contributed by atoms with Gasteiger partial charge in [0.2, 0.25) is 5.28 Å². The molecule has 1 aromatic rings. The van der Waals surface area contributed by atoms with Crippen molar-refractivity contribution < 1.29 is 0 Å². The van der Waals surface area contributed by atoms with Crippen LogP contribution in [-0.2, 0) is 13.5 Å². The van der Waals surface area contributed by atoms with Crippen molar-refractivity contribution in [2.45, 2.75) is 25.3 Å². The van der Waals surface area contributed by atoms with Gasteiger partial charge in [0, 0.05) is 19.5 Å². The van der Waals surface area contributed by atoms with E-state index in [9.17, 15) is 0 Å².